The average Bonchev–Trinajstić information content (AvgIpc) is 3.78. The molecule has 0 bridgehead atoms. The number of aromatic nitrogens is 6. The Hall–Kier alpha value is -6.44. The van der Waals surface area contributed by atoms with E-state index in [-0.39, 0.29) is 0 Å². The maximum atomic E-state index is 4.95. The van der Waals surface area contributed by atoms with E-state index in [0.29, 0.717) is 22.7 Å². The van der Waals surface area contributed by atoms with E-state index in [4.69, 9.17) is 24.9 Å². The molecule has 0 N–H and O–H groups in total. The number of rotatable bonds is 5. The van der Waals surface area contributed by atoms with Gasteiger partial charge in [0.1, 0.15) is 0 Å². The lowest BCUT2D eigenvalue weighted by molar-refractivity contribution is 1.06. The van der Waals surface area contributed by atoms with Gasteiger partial charge in [-0.2, -0.15) is 0 Å². The van der Waals surface area contributed by atoms with Crippen molar-refractivity contribution in [2.45, 2.75) is 16.6 Å². The number of thioether (sulfide) groups is 1. The van der Waals surface area contributed by atoms with Crippen LogP contribution in [0.3, 0.4) is 0 Å². The molecule has 6 nitrogen and oxygen atoms in total. The fourth-order valence-electron chi connectivity index (χ4n) is 8.50. The Kier molecular flexibility index (Phi) is 5.73. The molecule has 242 valence electrons. The highest BCUT2D eigenvalue weighted by Gasteiger charge is 2.34. The molecule has 0 spiro atoms. The fourth-order valence-corrected chi connectivity index (χ4v) is 9.76. The zero-order valence-corrected chi connectivity index (χ0v) is 28.5. The number of nitrogens with zero attached hydrogens (tertiary/aromatic N) is 6. The predicted octanol–water partition coefficient (Wildman–Crippen LogP) is 9.81. The minimum absolute atomic E-state index is 0.369. The molecular formula is C45H26N6S. The maximum absolute atomic E-state index is 4.95. The molecule has 1 atom stereocenters. The van der Waals surface area contributed by atoms with E-state index >= 15 is 0 Å². The lowest BCUT2D eigenvalue weighted by Gasteiger charge is -2.19. The summed E-state index contributed by atoms with van der Waals surface area (Å²) in [4.78, 5) is 25.8. The highest BCUT2D eigenvalue weighted by Crippen LogP contribution is 2.57. The van der Waals surface area contributed by atoms with Crippen molar-refractivity contribution in [3.63, 3.8) is 0 Å². The first-order chi connectivity index (χ1) is 25.8. The minimum Gasteiger partial charge on any atom is -0.309 e. The SMILES string of the molecule is C1=CC2Sc3ccc4c5c3c2c2c1ccc1c2c5c(n1-c1ccnc(-c2cc(-c3nc(-c5ccccc5)nc(-c5ccccc5)n3)ccn2)c1)=CC4. The molecule has 1 unspecified atom stereocenters. The second-order valence-electron chi connectivity index (χ2n) is 13.6. The van der Waals surface area contributed by atoms with Crippen LogP contribution in [0.2, 0.25) is 0 Å². The van der Waals surface area contributed by atoms with Gasteiger partial charge in [-0.25, -0.2) is 15.0 Å². The van der Waals surface area contributed by atoms with Gasteiger partial charge in [0.2, 0.25) is 0 Å². The highest BCUT2D eigenvalue weighted by atomic mass is 32.2. The van der Waals surface area contributed by atoms with Crippen LogP contribution in [-0.2, 0) is 6.42 Å². The van der Waals surface area contributed by atoms with Crippen molar-refractivity contribution in [1.29, 1.82) is 0 Å². The van der Waals surface area contributed by atoms with Gasteiger partial charge in [0.05, 0.1) is 27.5 Å². The fraction of sp³-hybridized carbons (Fsp3) is 0.0444. The van der Waals surface area contributed by atoms with Gasteiger partial charge >= 0.3 is 0 Å². The van der Waals surface area contributed by atoms with Crippen LogP contribution in [0.5, 0.6) is 0 Å². The van der Waals surface area contributed by atoms with E-state index < -0.39 is 0 Å². The Balaban J connectivity index is 1.03. The first-order valence-corrected chi connectivity index (χ1v) is 18.4. The summed E-state index contributed by atoms with van der Waals surface area (Å²) in [5, 5.41) is 8.70. The quantitative estimate of drug-likeness (QED) is 0.168. The van der Waals surface area contributed by atoms with Crippen LogP contribution in [0, 0.1) is 0 Å². The molecular weight excluding hydrogens is 657 g/mol. The second kappa shape index (κ2) is 10.5. The lowest BCUT2D eigenvalue weighted by Crippen LogP contribution is -2.17. The van der Waals surface area contributed by atoms with Gasteiger partial charge in [0, 0.05) is 55.8 Å². The summed E-state index contributed by atoms with van der Waals surface area (Å²) < 4.78 is 2.44. The highest BCUT2D eigenvalue weighted by molar-refractivity contribution is 8.00. The lowest BCUT2D eigenvalue weighted by atomic mass is 9.84. The van der Waals surface area contributed by atoms with Crippen LogP contribution < -0.4 is 5.35 Å². The smallest absolute Gasteiger partial charge is 0.164 e. The molecule has 0 saturated heterocycles. The van der Waals surface area contributed by atoms with Gasteiger partial charge in [0.25, 0.3) is 0 Å². The zero-order valence-electron chi connectivity index (χ0n) is 27.7. The summed E-state index contributed by atoms with van der Waals surface area (Å²) >= 11 is 1.99. The Morgan fingerprint density at radius 3 is 2.08 bits per heavy atom. The van der Waals surface area contributed by atoms with Gasteiger partial charge in [-0.15, -0.1) is 11.8 Å². The van der Waals surface area contributed by atoms with E-state index in [2.05, 4.69) is 59.2 Å². The first-order valence-electron chi connectivity index (χ1n) is 17.5. The molecule has 12 rings (SSSR count). The first kappa shape index (κ1) is 28.3. The number of hydrogen-bond donors (Lipinski definition) is 0. The molecule has 2 aliphatic carbocycles. The number of benzene rings is 5. The van der Waals surface area contributed by atoms with Crippen LogP contribution in [0.15, 0.2) is 133 Å². The average molecular weight is 683 g/mol. The molecule has 5 heterocycles. The molecule has 1 aliphatic heterocycles. The molecule has 0 fully saturated rings. The van der Waals surface area contributed by atoms with E-state index in [9.17, 15) is 0 Å². The van der Waals surface area contributed by atoms with E-state index in [1.54, 1.807) is 0 Å². The summed E-state index contributed by atoms with van der Waals surface area (Å²) in [5.74, 6) is 1.84. The third-order valence-electron chi connectivity index (χ3n) is 10.7. The van der Waals surface area contributed by atoms with Crippen molar-refractivity contribution in [2.24, 2.45) is 0 Å². The molecule has 7 heteroatoms. The van der Waals surface area contributed by atoms with Crippen molar-refractivity contribution < 1.29 is 0 Å². The summed E-state index contributed by atoms with van der Waals surface area (Å²) in [7, 11) is 0. The standard InChI is InChI=1S/C45H26N6S/c1-3-7-27(8-4-1)43-48-44(28-9-5-2-6-10-28)50-45(49-43)29-19-21-46-31(23-29)32-24-30(20-22-47-32)51-33-15-11-25-13-17-35-41-37(25)39(33)40-34(51)16-12-26-14-18-36(52-35)42(41)38(26)40/h1-11,13-24,35H,12H2. The molecule has 9 aromatic rings. The van der Waals surface area contributed by atoms with Crippen LogP contribution >= 0.6 is 11.8 Å². The monoisotopic (exact) mass is 682 g/mol. The third kappa shape index (κ3) is 3.94. The summed E-state index contributed by atoms with van der Waals surface area (Å²) in [5.41, 5.74) is 10.8. The van der Waals surface area contributed by atoms with Gasteiger partial charge in [-0.3, -0.25) is 9.97 Å². The van der Waals surface area contributed by atoms with E-state index in [0.717, 1.165) is 40.2 Å². The Labute approximate surface area is 302 Å². The maximum Gasteiger partial charge on any atom is 0.164 e. The van der Waals surface area contributed by atoms with Crippen molar-refractivity contribution in [1.82, 2.24) is 29.5 Å². The summed E-state index contributed by atoms with van der Waals surface area (Å²) in [6.07, 6.45) is 11.7. The van der Waals surface area contributed by atoms with Crippen molar-refractivity contribution in [2.75, 3.05) is 0 Å². The van der Waals surface area contributed by atoms with Crippen molar-refractivity contribution in [3.05, 3.63) is 150 Å². The van der Waals surface area contributed by atoms with Crippen LogP contribution in [0.25, 0.3) is 95.8 Å². The Morgan fingerprint density at radius 1 is 0.596 bits per heavy atom. The molecule has 0 saturated carbocycles. The topological polar surface area (TPSA) is 69.4 Å². The summed E-state index contributed by atoms with van der Waals surface area (Å²) in [6, 6.07) is 37.7. The number of pyridine rings is 2. The third-order valence-corrected chi connectivity index (χ3v) is 12.0. The van der Waals surface area contributed by atoms with Crippen molar-refractivity contribution >= 4 is 56.4 Å². The second-order valence-corrected chi connectivity index (χ2v) is 14.8. The van der Waals surface area contributed by atoms with Gasteiger partial charge in [-0.1, -0.05) is 91.0 Å². The predicted molar refractivity (Wildman–Crippen MR) is 210 cm³/mol. The largest absolute Gasteiger partial charge is 0.309 e. The molecule has 0 amide bonds. The molecule has 5 aromatic carbocycles. The number of hydrogen-bond acceptors (Lipinski definition) is 6. The van der Waals surface area contributed by atoms with Crippen LogP contribution in [-0.4, -0.2) is 29.5 Å². The van der Waals surface area contributed by atoms with Crippen molar-refractivity contribution in [3.8, 4) is 51.2 Å². The Bertz CT molecular complexity index is 3020. The van der Waals surface area contributed by atoms with Crippen LogP contribution in [0.1, 0.15) is 21.9 Å². The normalized spacial score (nSPS) is 15.0. The van der Waals surface area contributed by atoms with E-state index in [1.807, 2.05) is 97.0 Å². The Morgan fingerprint density at radius 2 is 1.31 bits per heavy atom. The van der Waals surface area contributed by atoms with Gasteiger partial charge in [0.15, 0.2) is 17.5 Å². The van der Waals surface area contributed by atoms with Gasteiger partial charge < -0.3 is 4.57 Å². The molecule has 3 aliphatic rings. The van der Waals surface area contributed by atoms with E-state index in [1.165, 1.54) is 59.4 Å². The summed E-state index contributed by atoms with van der Waals surface area (Å²) in [6.45, 7) is 0. The molecule has 0 radical (unpaired) electrons. The zero-order chi connectivity index (χ0) is 33.9. The van der Waals surface area contributed by atoms with Crippen LogP contribution in [0.4, 0.5) is 0 Å². The van der Waals surface area contributed by atoms with Gasteiger partial charge in [-0.05, 0) is 70.3 Å². The minimum atomic E-state index is 0.369. The molecule has 4 aromatic heterocycles. The molecule has 52 heavy (non-hydrogen) atoms.